The molecule has 8 aliphatic rings. The SMILES string of the molecule is CC1C(C)C(C)C(CCCCN)C1C.CC1C(C)C(C)C(CCCN)C1C.CC1C(C)C(C)C(CCCN)C1C.CC1C(C)C(C)C(CCN(C)C)C1C.CC1C(C)C(C)C(CCN)C1C.CCCOCCNCCCC1C(C)C(C)C(C)C1C.CCNCCCC1C(C)C(C)C(C)C1C.CNCCC1C(C)C(C)C(C)C1C.[CH3-].[CH3-].[CH3-].[CH3-].[CH3-].[CH3-].[CH3-].[CH3-].[Cl][Rh][Cl].[Cl][Rh][Cl].[Cl][Rh][Cl].[Cl][Rh][Cl].[Cl][Rh][Cl].[Cl][Rh][Cl].[Cl][Rh][Cl].[I][Rh][I]. The molecule has 0 aromatic rings. The van der Waals surface area contributed by atoms with Crippen molar-refractivity contribution >= 4 is 175 Å². The van der Waals surface area contributed by atoms with Gasteiger partial charge in [-0.2, -0.15) is 0 Å². The van der Waals surface area contributed by atoms with Gasteiger partial charge in [0, 0.05) is 13.2 Å². The fraction of sp³-hybridized carbons (Fsp3) is 0.929. The van der Waals surface area contributed by atoms with E-state index in [4.69, 9.17) is 163 Å². The van der Waals surface area contributed by atoms with Gasteiger partial charge in [0.05, 0.1) is 6.61 Å². The third kappa shape index (κ3) is 80.0. The number of unbranched alkanes of at least 4 members (excludes halogenated alkanes) is 1. The van der Waals surface area contributed by atoms with E-state index < -0.39 is 0 Å². The monoisotopic (exact) mass is 3280 g/mol. The van der Waals surface area contributed by atoms with E-state index >= 15 is 0 Å². The number of halogens is 16. The molecule has 33 heteroatoms. The van der Waals surface area contributed by atoms with Crippen molar-refractivity contribution < 1.29 is 121 Å². The molecule has 0 bridgehead atoms. The van der Waals surface area contributed by atoms with E-state index in [2.05, 4.69) is 317 Å². The summed E-state index contributed by atoms with van der Waals surface area (Å²) in [6.45, 7) is 94.1. The van der Waals surface area contributed by atoms with Gasteiger partial charge in [0.1, 0.15) is 0 Å². The molecule has 32 atom stereocenters. The number of nitrogens with two attached hydrogens (primary N) is 4. The summed E-state index contributed by atoms with van der Waals surface area (Å²) in [6.07, 6.45) is 19.6. The number of hydrogen-bond donors (Lipinski definition) is 7. The third-order valence-electron chi connectivity index (χ3n) is 38.1. The molecule has 0 amide bonds. The molecule has 8 rings (SSSR count). The number of rotatable bonds is 32. The van der Waals surface area contributed by atoms with Gasteiger partial charge in [-0.25, -0.2) is 0 Å². The van der Waals surface area contributed by atoms with Crippen LogP contribution in [-0.2, 0) is 121 Å². The Bertz CT molecular complexity index is 2330. The second kappa shape index (κ2) is 122. The second-order valence-corrected chi connectivity index (χ2v) is 73.4. The Kier molecular flexibility index (Phi) is 160. The first kappa shape index (κ1) is 190. The van der Waals surface area contributed by atoms with Crippen LogP contribution in [0.4, 0.5) is 0 Å². The van der Waals surface area contributed by atoms with Gasteiger partial charge < -0.3 is 108 Å². The van der Waals surface area contributed by atoms with Gasteiger partial charge >= 0.3 is 291 Å². The molecule has 0 heterocycles. The molecule has 8 saturated carbocycles. The van der Waals surface area contributed by atoms with Crippen molar-refractivity contribution in [2.75, 3.05) is 99.8 Å². The van der Waals surface area contributed by atoms with Crippen molar-refractivity contribution in [3.63, 3.8) is 0 Å². The number of hydrogen-bond acceptors (Lipinski definition) is 9. The van der Waals surface area contributed by atoms with Crippen molar-refractivity contribution in [2.45, 2.75) is 332 Å². The van der Waals surface area contributed by atoms with Crippen molar-refractivity contribution in [1.29, 1.82) is 0 Å². The summed E-state index contributed by atoms with van der Waals surface area (Å²) in [5.41, 5.74) is 22.3. The predicted octanol–water partition coefficient (Wildman–Crippen LogP) is 40.0. The van der Waals surface area contributed by atoms with E-state index in [-0.39, 0.29) is 165 Å². The van der Waals surface area contributed by atoms with Crippen LogP contribution in [0.15, 0.2) is 0 Å². The van der Waals surface area contributed by atoms with Crippen LogP contribution >= 0.6 is 175 Å². The zero-order valence-electron chi connectivity index (χ0n) is 101. The van der Waals surface area contributed by atoms with Crippen LogP contribution in [0.2, 0.25) is 0 Å². The summed E-state index contributed by atoms with van der Waals surface area (Å²) in [4.78, 5) is 2.31. The van der Waals surface area contributed by atoms with Gasteiger partial charge in [-0.15, -0.1) is 0 Å². The molecule has 8 fully saturated rings. The average molecular weight is 3290 g/mol. The topological polar surface area (TPSA) is 153 Å². The maximum atomic E-state index is 5.62. The average Bonchev–Trinajstić information content (AvgIpc) is 1.62. The molecule has 0 saturated heterocycles. The fourth-order valence-corrected chi connectivity index (χ4v) is 25.7. The summed E-state index contributed by atoms with van der Waals surface area (Å²) in [7, 11) is 74.9. The molecule has 0 radical (unpaired) electrons. The van der Waals surface area contributed by atoms with Crippen LogP contribution in [0.25, 0.3) is 0 Å². The zero-order chi connectivity index (χ0) is 108. The van der Waals surface area contributed by atoms with Gasteiger partial charge in [0.2, 0.25) is 0 Å². The quantitative estimate of drug-likeness (QED) is 0.0151. The molecule has 0 aliphatic heterocycles. The first-order valence-corrected chi connectivity index (χ1v) is 91.5. The summed E-state index contributed by atoms with van der Waals surface area (Å²) < 4.78 is 5.46. The predicted molar refractivity (Wildman–Crippen MR) is 668 cm³/mol. The number of nitrogens with zero attached hydrogens (tertiary/aromatic N) is 1. The van der Waals surface area contributed by atoms with Crippen molar-refractivity contribution in [3.05, 3.63) is 59.4 Å². The molecule has 9 nitrogen and oxygen atoms in total. The Balaban J connectivity index is -0.0000000901. The van der Waals surface area contributed by atoms with E-state index in [1.165, 1.54) is 110 Å². The summed E-state index contributed by atoms with van der Waals surface area (Å²) in [5.74, 6) is 36.4. The Morgan fingerprint density at radius 3 is 0.593 bits per heavy atom. The summed E-state index contributed by atoms with van der Waals surface area (Å²) in [5, 5.41) is 10.2. The standard InChI is InChI=1S/C17H35NO.C14H29N.2C13H27N.3C12H25N.C11H23N.8CH3.14ClH.2HI.8Rh/c1-6-11-19-12-10-18-9-7-8-17-15(4)13(2)14(3)16(17)5;1-6-15-9-7-8-14-12(4)10(2)11(3)13(14)5;1-9-10(2)12(4)13(11(9)3)7-8-14(5)6;1-9-10(2)12(4)13(11(9)3)7-5-6-8-14;1-8-9(2)11(4)12(10(8)3)6-7-13-5;2*1-8-9(2)11(4)12(10(8)3)6-5-7-13;1-7-8(2)10(4)11(5-6-12)9(7)3;;;;;;;;;;;;;;;;;;;;;;;;;;;;;;;;/h13-18H,6-12H2,1-5H3;10-15H,6-9H2,1-5H3;9-13H,7-8H2,1-6H3;9-13H,5-8,14H2,1-4H3;8-13H,6-7H2,1-5H3;2*8-12H,5-7,13H2,1-4H3;7-11H,5-6,12H2,1-4H3;8*1H3;16*1H;;;;;;;;/q;;;;;;;;8*-1;;;;;;;;;;;;;;;;;8*+2/p-16. The first-order chi connectivity index (χ1) is 64.4. The Labute approximate surface area is 1050 Å². The van der Waals surface area contributed by atoms with E-state index in [0.29, 0.717) is 0 Å². The third-order valence-corrected chi connectivity index (χ3v) is 38.1. The van der Waals surface area contributed by atoms with Gasteiger partial charge in [-0.3, -0.25) is 0 Å². The van der Waals surface area contributed by atoms with Crippen molar-refractivity contribution in [3.8, 4) is 0 Å². The Morgan fingerprint density at radius 2 is 0.414 bits per heavy atom. The molecule has 0 aromatic carbocycles. The first-order valence-electron chi connectivity index (χ1n) is 52.2. The summed E-state index contributed by atoms with van der Waals surface area (Å²) >= 11 is 3.11. The van der Waals surface area contributed by atoms with Gasteiger partial charge in [-0.05, 0) is 407 Å². The van der Waals surface area contributed by atoms with E-state index in [0.717, 1.165) is 312 Å². The molecule has 8 aliphatic carbocycles. The van der Waals surface area contributed by atoms with E-state index in [1.54, 1.807) is 0 Å². The normalized spacial score (nSPS) is 34.6. The summed E-state index contributed by atoms with van der Waals surface area (Å²) in [6, 6.07) is 0. The Hall–Kier alpha value is 10.1. The molecule has 11 N–H and O–H groups in total. The molecule has 926 valence electrons. The van der Waals surface area contributed by atoms with Gasteiger partial charge in [0.15, 0.2) is 0 Å². The van der Waals surface area contributed by atoms with Crippen molar-refractivity contribution in [2.24, 2.45) is 260 Å². The molecule has 0 spiro atoms. The number of nitrogens with one attached hydrogen (secondary N) is 3. The van der Waals surface area contributed by atoms with Crippen LogP contribution in [-0.4, -0.2) is 105 Å². The van der Waals surface area contributed by atoms with Crippen LogP contribution in [0.3, 0.4) is 0 Å². The van der Waals surface area contributed by atoms with Gasteiger partial charge in [-0.1, -0.05) is 242 Å². The molecule has 145 heavy (non-hydrogen) atoms. The molecular formula is C112H240Cl14I2N8ORh8-8. The molecular weight excluding hydrogens is 3050 g/mol. The van der Waals surface area contributed by atoms with E-state index in [9.17, 15) is 0 Å². The van der Waals surface area contributed by atoms with Gasteiger partial charge in [0.25, 0.3) is 0 Å². The van der Waals surface area contributed by atoms with Crippen molar-refractivity contribution in [1.82, 2.24) is 20.9 Å². The zero-order valence-corrected chi connectivity index (χ0v) is 129. The molecule has 32 unspecified atom stereocenters. The minimum absolute atomic E-state index is 0. The van der Waals surface area contributed by atoms with E-state index in [1.807, 2.05) is 0 Å². The minimum atomic E-state index is -0.226. The number of ether oxygens (including phenoxy) is 1. The van der Waals surface area contributed by atoms with Crippen LogP contribution < -0.4 is 38.9 Å². The van der Waals surface area contributed by atoms with Crippen LogP contribution in [0, 0.1) is 296 Å². The maximum absolute atomic E-state index is 5.62. The van der Waals surface area contributed by atoms with Crippen LogP contribution in [0.5, 0.6) is 0 Å². The Morgan fingerprint density at radius 1 is 0.234 bits per heavy atom. The fourth-order valence-electron chi connectivity index (χ4n) is 25.7. The molecule has 0 aromatic heterocycles. The second-order valence-electron chi connectivity index (χ2n) is 43.4. The van der Waals surface area contributed by atoms with Crippen LogP contribution in [0.1, 0.15) is 332 Å².